The molecular weight excluding hydrogens is 292 g/mol. The van der Waals surface area contributed by atoms with Crippen LogP contribution in [-0.2, 0) is 18.7 Å². The van der Waals surface area contributed by atoms with Gasteiger partial charge in [-0.1, -0.05) is 18.2 Å². The highest BCUT2D eigenvalue weighted by Gasteiger charge is 2.29. The summed E-state index contributed by atoms with van der Waals surface area (Å²) in [6.07, 6.45) is 1.72. The number of methoxy groups -OCH3 is 1. The van der Waals surface area contributed by atoms with Crippen LogP contribution in [0, 0.1) is 0 Å². The first-order valence-corrected chi connectivity index (χ1v) is 7.52. The van der Waals surface area contributed by atoms with Crippen LogP contribution in [-0.4, -0.2) is 28.0 Å². The molecule has 1 aromatic heterocycles. The number of ether oxygens (including phenoxy) is 1. The lowest BCUT2D eigenvalue weighted by atomic mass is 9.95. The first-order chi connectivity index (χ1) is 10.9. The van der Waals surface area contributed by atoms with Gasteiger partial charge >= 0.3 is 0 Å². The lowest BCUT2D eigenvalue weighted by molar-refractivity contribution is 0.0760. The van der Waals surface area contributed by atoms with Crippen molar-refractivity contribution < 1.29 is 14.6 Å². The second-order valence-electron chi connectivity index (χ2n) is 6.30. The van der Waals surface area contributed by atoms with Crippen molar-refractivity contribution in [1.29, 1.82) is 0 Å². The van der Waals surface area contributed by atoms with E-state index in [1.165, 1.54) is 0 Å². The van der Waals surface area contributed by atoms with E-state index in [-0.39, 0.29) is 5.91 Å². The number of pyridine rings is 1. The molecule has 2 heterocycles. The molecule has 5 heteroatoms. The molecule has 1 aliphatic rings. The molecule has 1 aliphatic heterocycles. The van der Waals surface area contributed by atoms with E-state index < -0.39 is 5.60 Å². The summed E-state index contributed by atoms with van der Waals surface area (Å²) in [5, 5.41) is 10.1. The van der Waals surface area contributed by atoms with Crippen molar-refractivity contribution in [2.75, 3.05) is 7.11 Å². The van der Waals surface area contributed by atoms with E-state index in [1.807, 2.05) is 18.2 Å². The minimum absolute atomic E-state index is 0.0121. The predicted molar refractivity (Wildman–Crippen MR) is 86.1 cm³/mol. The molecule has 0 fully saturated rings. The molecule has 1 amide bonds. The standard InChI is InChI=1S/C18H20N2O3/c1-18(2,22)14-6-5-13-11-20(17(21)15(13)8-14)10-12-4-7-16(23-3)19-9-12/h4-9,22H,10-11H2,1-3H3. The van der Waals surface area contributed by atoms with E-state index in [9.17, 15) is 9.90 Å². The maximum Gasteiger partial charge on any atom is 0.254 e. The van der Waals surface area contributed by atoms with Crippen molar-refractivity contribution in [3.05, 3.63) is 58.8 Å². The number of amides is 1. The van der Waals surface area contributed by atoms with Crippen LogP contribution in [0.15, 0.2) is 36.5 Å². The molecule has 0 radical (unpaired) electrons. The highest BCUT2D eigenvalue weighted by molar-refractivity contribution is 5.98. The molecule has 5 nitrogen and oxygen atoms in total. The summed E-state index contributed by atoms with van der Waals surface area (Å²) in [6.45, 7) is 4.51. The summed E-state index contributed by atoms with van der Waals surface area (Å²) < 4.78 is 5.04. The molecule has 1 aromatic carbocycles. The highest BCUT2D eigenvalue weighted by atomic mass is 16.5. The van der Waals surface area contributed by atoms with Crippen molar-refractivity contribution in [2.24, 2.45) is 0 Å². The second-order valence-corrected chi connectivity index (χ2v) is 6.30. The first-order valence-electron chi connectivity index (χ1n) is 7.52. The lowest BCUT2D eigenvalue weighted by Crippen LogP contribution is -2.23. The smallest absolute Gasteiger partial charge is 0.254 e. The SMILES string of the molecule is COc1ccc(CN2Cc3ccc(C(C)(C)O)cc3C2=O)cn1. The zero-order chi connectivity index (χ0) is 16.6. The average molecular weight is 312 g/mol. The van der Waals surface area contributed by atoms with Gasteiger partial charge in [0.2, 0.25) is 5.88 Å². The van der Waals surface area contributed by atoms with Crippen LogP contribution in [0.3, 0.4) is 0 Å². The summed E-state index contributed by atoms with van der Waals surface area (Å²) in [5.74, 6) is 0.543. The summed E-state index contributed by atoms with van der Waals surface area (Å²) in [6, 6.07) is 9.29. The third-order valence-corrected chi connectivity index (χ3v) is 4.08. The van der Waals surface area contributed by atoms with Crippen LogP contribution in [0.4, 0.5) is 0 Å². The van der Waals surface area contributed by atoms with Crippen LogP contribution < -0.4 is 4.74 Å². The minimum atomic E-state index is -0.956. The minimum Gasteiger partial charge on any atom is -0.481 e. The Morgan fingerprint density at radius 2 is 2.09 bits per heavy atom. The molecule has 0 spiro atoms. The predicted octanol–water partition coefficient (Wildman–Crippen LogP) is 2.47. The molecule has 3 rings (SSSR count). The normalized spacial score (nSPS) is 14.1. The van der Waals surface area contributed by atoms with E-state index in [4.69, 9.17) is 4.74 Å². The number of benzene rings is 1. The fourth-order valence-corrected chi connectivity index (χ4v) is 2.72. The Morgan fingerprint density at radius 1 is 1.30 bits per heavy atom. The number of fused-ring (bicyclic) bond motifs is 1. The van der Waals surface area contributed by atoms with Crippen LogP contribution in [0.5, 0.6) is 5.88 Å². The van der Waals surface area contributed by atoms with Gasteiger partial charge < -0.3 is 14.7 Å². The van der Waals surface area contributed by atoms with Gasteiger partial charge in [0.25, 0.3) is 5.91 Å². The van der Waals surface area contributed by atoms with Crippen LogP contribution in [0.25, 0.3) is 0 Å². The molecule has 1 N–H and O–H groups in total. The van der Waals surface area contributed by atoms with Crippen LogP contribution >= 0.6 is 0 Å². The Kier molecular flexibility index (Phi) is 3.82. The van der Waals surface area contributed by atoms with E-state index in [2.05, 4.69) is 4.98 Å². The molecule has 0 saturated heterocycles. The number of hydrogen-bond acceptors (Lipinski definition) is 4. The Bertz CT molecular complexity index is 733. The maximum absolute atomic E-state index is 12.6. The number of aliphatic hydroxyl groups is 1. The summed E-state index contributed by atoms with van der Waals surface area (Å²) >= 11 is 0. The van der Waals surface area contributed by atoms with E-state index in [0.717, 1.165) is 16.7 Å². The topological polar surface area (TPSA) is 62.7 Å². The zero-order valence-electron chi connectivity index (χ0n) is 13.5. The van der Waals surface area contributed by atoms with Gasteiger partial charge in [-0.05, 0) is 36.6 Å². The van der Waals surface area contributed by atoms with Crippen molar-refractivity contribution in [1.82, 2.24) is 9.88 Å². The third kappa shape index (κ3) is 3.05. The number of rotatable bonds is 4. The lowest BCUT2D eigenvalue weighted by Gasteiger charge is -2.18. The van der Waals surface area contributed by atoms with Gasteiger partial charge in [-0.15, -0.1) is 0 Å². The fraction of sp³-hybridized carbons (Fsp3) is 0.333. The average Bonchev–Trinajstić information content (AvgIpc) is 2.83. The number of aromatic nitrogens is 1. The monoisotopic (exact) mass is 312 g/mol. The number of carbonyl (C=O) groups is 1. The quantitative estimate of drug-likeness (QED) is 0.942. The van der Waals surface area contributed by atoms with Gasteiger partial charge in [0.1, 0.15) is 0 Å². The van der Waals surface area contributed by atoms with Gasteiger partial charge in [0.05, 0.1) is 12.7 Å². The third-order valence-electron chi connectivity index (χ3n) is 4.08. The van der Waals surface area contributed by atoms with Gasteiger partial charge in [-0.25, -0.2) is 4.98 Å². The molecule has 2 aromatic rings. The van der Waals surface area contributed by atoms with Gasteiger partial charge in [0.15, 0.2) is 0 Å². The molecular formula is C18H20N2O3. The van der Waals surface area contributed by atoms with Gasteiger partial charge in [-0.2, -0.15) is 0 Å². The van der Waals surface area contributed by atoms with Gasteiger partial charge in [0, 0.05) is 30.9 Å². The van der Waals surface area contributed by atoms with Crippen molar-refractivity contribution >= 4 is 5.91 Å². The molecule has 0 bridgehead atoms. The number of hydrogen-bond donors (Lipinski definition) is 1. The van der Waals surface area contributed by atoms with E-state index in [1.54, 1.807) is 44.2 Å². The zero-order valence-corrected chi connectivity index (χ0v) is 13.5. The Labute approximate surface area is 135 Å². The first kappa shape index (κ1) is 15.5. The number of nitrogens with zero attached hydrogens (tertiary/aromatic N) is 2. The largest absolute Gasteiger partial charge is 0.481 e. The molecule has 0 saturated carbocycles. The molecule has 0 aliphatic carbocycles. The molecule has 0 atom stereocenters. The van der Waals surface area contributed by atoms with Crippen molar-refractivity contribution in [3.8, 4) is 5.88 Å². The maximum atomic E-state index is 12.6. The van der Waals surface area contributed by atoms with Crippen LogP contribution in [0.1, 0.15) is 40.9 Å². The molecule has 120 valence electrons. The van der Waals surface area contributed by atoms with E-state index in [0.29, 0.717) is 24.5 Å². The Morgan fingerprint density at radius 3 is 2.70 bits per heavy atom. The van der Waals surface area contributed by atoms with Crippen molar-refractivity contribution in [2.45, 2.75) is 32.5 Å². The Hall–Kier alpha value is -2.40. The number of carbonyl (C=O) groups excluding carboxylic acids is 1. The summed E-state index contributed by atoms with van der Waals surface area (Å²) in [7, 11) is 1.57. The highest BCUT2D eigenvalue weighted by Crippen LogP contribution is 2.29. The van der Waals surface area contributed by atoms with Gasteiger partial charge in [-0.3, -0.25) is 4.79 Å². The summed E-state index contributed by atoms with van der Waals surface area (Å²) in [5.41, 5.74) is 2.41. The van der Waals surface area contributed by atoms with Crippen molar-refractivity contribution in [3.63, 3.8) is 0 Å². The Balaban J connectivity index is 1.80. The molecule has 23 heavy (non-hydrogen) atoms. The summed E-state index contributed by atoms with van der Waals surface area (Å²) in [4.78, 5) is 18.5. The fourth-order valence-electron chi connectivity index (χ4n) is 2.72. The van der Waals surface area contributed by atoms with Crippen LogP contribution in [0.2, 0.25) is 0 Å². The second kappa shape index (κ2) is 5.66. The van der Waals surface area contributed by atoms with E-state index >= 15 is 0 Å². The molecule has 0 unspecified atom stereocenters.